The molecule has 1 aromatic carbocycles. The van der Waals surface area contributed by atoms with E-state index < -0.39 is 27.5 Å². The van der Waals surface area contributed by atoms with Crippen molar-refractivity contribution in [3.8, 4) is 0 Å². The Balaban J connectivity index is 0.000000423. The molecule has 0 N–H and O–H groups in total. The van der Waals surface area contributed by atoms with E-state index in [1.807, 2.05) is 0 Å². The SMILES string of the molecule is C[Si](C)(C)Pc1ccccc1.[CH3][Sn]([CH3])[CH3]. The van der Waals surface area contributed by atoms with E-state index in [2.05, 4.69) is 64.8 Å². The molecule has 3 heteroatoms. The van der Waals surface area contributed by atoms with Gasteiger partial charge in [0.25, 0.3) is 0 Å². The fourth-order valence-corrected chi connectivity index (χ4v) is 5.28. The van der Waals surface area contributed by atoms with Crippen molar-refractivity contribution in [2.45, 2.75) is 34.5 Å². The normalized spacial score (nSPS) is 11.7. The Labute approximate surface area is 105 Å². The third-order valence-electron chi connectivity index (χ3n) is 1.29. The summed E-state index contributed by atoms with van der Waals surface area (Å²) in [6.07, 6.45) is 0. The fourth-order valence-electron chi connectivity index (χ4n) is 0.954. The summed E-state index contributed by atoms with van der Waals surface area (Å²) in [6.45, 7) is 7.25. The molecule has 0 spiro atoms. The molecule has 1 aromatic rings. The maximum absolute atomic E-state index is 2.42. The van der Waals surface area contributed by atoms with Gasteiger partial charge in [-0.25, -0.2) is 0 Å². The minimum absolute atomic E-state index is 0.543. The van der Waals surface area contributed by atoms with E-state index in [0.29, 0.717) is 0 Å². The van der Waals surface area contributed by atoms with Crippen molar-refractivity contribution in [2.75, 3.05) is 0 Å². The molecule has 0 aromatic heterocycles. The second-order valence-electron chi connectivity index (χ2n) is 5.24. The summed E-state index contributed by atoms with van der Waals surface area (Å²) >= 11 is -0.543. The van der Waals surface area contributed by atoms with E-state index in [0.717, 1.165) is 8.13 Å². The van der Waals surface area contributed by atoms with Crippen molar-refractivity contribution in [3.63, 3.8) is 0 Å². The van der Waals surface area contributed by atoms with Gasteiger partial charge in [0, 0.05) is 0 Å². The van der Waals surface area contributed by atoms with Gasteiger partial charge in [-0.05, 0) is 5.30 Å². The zero-order valence-corrected chi connectivity index (χ0v) is 15.7. The summed E-state index contributed by atoms with van der Waals surface area (Å²) in [5, 5.41) is 1.52. The molecule has 0 amide bonds. The molecule has 0 bridgehead atoms. The Hall–Kier alpha value is 0.666. The Morgan fingerprint density at radius 1 is 0.933 bits per heavy atom. The monoisotopic (exact) mass is 347 g/mol. The molecule has 1 unspecified atom stereocenters. The van der Waals surface area contributed by atoms with Crippen molar-refractivity contribution in [2.24, 2.45) is 0 Å². The van der Waals surface area contributed by atoms with E-state index in [9.17, 15) is 0 Å². The summed E-state index contributed by atoms with van der Waals surface area (Å²) in [6, 6.07) is 10.8. The molecule has 0 aliphatic rings. The summed E-state index contributed by atoms with van der Waals surface area (Å²) < 4.78 is 0. The van der Waals surface area contributed by atoms with Crippen LogP contribution >= 0.6 is 8.13 Å². The zero-order valence-electron chi connectivity index (χ0n) is 10.9. The van der Waals surface area contributed by atoms with Gasteiger partial charge in [-0.3, -0.25) is 0 Å². The molecule has 15 heavy (non-hydrogen) atoms. The molecule has 1 radical (unpaired) electrons. The van der Waals surface area contributed by atoms with E-state index in [-0.39, 0.29) is 0 Å². The summed E-state index contributed by atoms with van der Waals surface area (Å²) in [7, 11) is 0.182. The molecule has 85 valence electrons. The van der Waals surface area contributed by atoms with Crippen molar-refractivity contribution in [1.82, 2.24) is 0 Å². The summed E-state index contributed by atoms with van der Waals surface area (Å²) in [4.78, 5) is 7.09. The Kier molecular flexibility index (Phi) is 8.21. The number of hydrogen-bond acceptors (Lipinski definition) is 0. The molecule has 0 aliphatic carbocycles. The van der Waals surface area contributed by atoms with Gasteiger partial charge in [-0.1, -0.05) is 50.0 Å². The van der Waals surface area contributed by atoms with E-state index in [1.54, 1.807) is 0 Å². The number of hydrogen-bond donors (Lipinski definition) is 0. The number of benzene rings is 1. The quantitative estimate of drug-likeness (QED) is 0.556. The first-order chi connectivity index (χ1) is 6.81. The van der Waals surface area contributed by atoms with Gasteiger partial charge in [0.05, 0.1) is 7.74 Å². The van der Waals surface area contributed by atoms with Gasteiger partial charge in [-0.15, -0.1) is 8.13 Å². The molecule has 0 aliphatic heterocycles. The topological polar surface area (TPSA) is 0 Å². The minimum atomic E-state index is -0.870. The molecule has 0 saturated heterocycles. The second kappa shape index (κ2) is 7.86. The van der Waals surface area contributed by atoms with Crippen LogP contribution in [0.5, 0.6) is 0 Å². The number of rotatable bonds is 2. The standard InChI is InChI=1S/C9H15PSi.3CH3.Sn/c1-11(2,3)10-9-7-5-4-6-8-9;;;;/h4-8,10H,1-3H3;3*1H3;. The van der Waals surface area contributed by atoms with Crippen molar-refractivity contribution in [3.05, 3.63) is 30.3 Å². The third kappa shape index (κ3) is 12.6. The molecular formula is C12H24PSiSn. The Bertz CT molecular complexity index is 251. The summed E-state index contributed by atoms with van der Waals surface area (Å²) in [5.74, 6) is 0. The van der Waals surface area contributed by atoms with Crippen LogP contribution < -0.4 is 5.30 Å². The van der Waals surface area contributed by atoms with Crippen LogP contribution in [0.4, 0.5) is 0 Å². The molecule has 0 saturated carbocycles. The fraction of sp³-hybridized carbons (Fsp3) is 0.500. The molecule has 0 fully saturated rings. The van der Waals surface area contributed by atoms with Gasteiger partial charge >= 0.3 is 34.6 Å². The molecule has 1 rings (SSSR count). The predicted octanol–water partition coefficient (Wildman–Crippen LogP) is 4.20. The van der Waals surface area contributed by atoms with Crippen molar-refractivity contribution in [1.29, 1.82) is 0 Å². The van der Waals surface area contributed by atoms with Crippen LogP contribution in [0, 0.1) is 0 Å². The van der Waals surface area contributed by atoms with Crippen molar-refractivity contribution < 1.29 is 0 Å². The van der Waals surface area contributed by atoms with Gasteiger partial charge in [0.15, 0.2) is 0 Å². The Morgan fingerprint density at radius 3 is 1.67 bits per heavy atom. The van der Waals surface area contributed by atoms with E-state index >= 15 is 0 Å². The summed E-state index contributed by atoms with van der Waals surface area (Å²) in [5.41, 5.74) is 0. The average Bonchev–Trinajstić information content (AvgIpc) is 2.01. The Morgan fingerprint density at radius 2 is 1.33 bits per heavy atom. The molecular weight excluding hydrogens is 322 g/mol. The third-order valence-corrected chi connectivity index (χ3v) is 5.78. The van der Waals surface area contributed by atoms with E-state index in [4.69, 9.17) is 0 Å². The van der Waals surface area contributed by atoms with Crippen LogP contribution in [0.1, 0.15) is 0 Å². The van der Waals surface area contributed by atoms with Gasteiger partial charge in [0.2, 0.25) is 0 Å². The van der Waals surface area contributed by atoms with Crippen LogP contribution in [0.25, 0.3) is 0 Å². The first kappa shape index (κ1) is 15.7. The van der Waals surface area contributed by atoms with Crippen LogP contribution in [0.15, 0.2) is 30.3 Å². The zero-order chi connectivity index (χ0) is 11.9. The van der Waals surface area contributed by atoms with Gasteiger partial charge in [-0.2, -0.15) is 0 Å². The maximum atomic E-state index is 2.42. The van der Waals surface area contributed by atoms with Crippen LogP contribution in [0.2, 0.25) is 34.5 Å². The van der Waals surface area contributed by atoms with Crippen LogP contribution in [0.3, 0.4) is 0 Å². The predicted molar refractivity (Wildman–Crippen MR) is 81.1 cm³/mol. The molecule has 0 nitrogen and oxygen atoms in total. The van der Waals surface area contributed by atoms with E-state index in [1.165, 1.54) is 5.30 Å². The van der Waals surface area contributed by atoms with Gasteiger partial charge < -0.3 is 0 Å². The van der Waals surface area contributed by atoms with Crippen LogP contribution in [-0.2, 0) is 0 Å². The second-order valence-corrected chi connectivity index (χ2v) is 24.4. The average molecular weight is 346 g/mol. The first-order valence-corrected chi connectivity index (χ1v) is 19.5. The van der Waals surface area contributed by atoms with Gasteiger partial charge in [0.1, 0.15) is 0 Å². The first-order valence-electron chi connectivity index (χ1n) is 5.41. The van der Waals surface area contributed by atoms with Crippen molar-refractivity contribution >= 4 is 40.9 Å². The molecule has 1 atom stereocenters. The molecule has 0 heterocycles. The van der Waals surface area contributed by atoms with Crippen LogP contribution in [-0.4, -0.2) is 27.5 Å².